The zero-order valence-corrected chi connectivity index (χ0v) is 17.2. The first-order valence-electron chi connectivity index (χ1n) is 9.73. The first kappa shape index (κ1) is 21.3. The predicted octanol–water partition coefficient (Wildman–Crippen LogP) is 3.99. The van der Waals surface area contributed by atoms with E-state index in [9.17, 15) is 24.3 Å². The van der Waals surface area contributed by atoms with Gasteiger partial charge in [0, 0.05) is 24.1 Å². The third-order valence-electron chi connectivity index (χ3n) is 5.22. The third-order valence-corrected chi connectivity index (χ3v) is 5.22. The summed E-state index contributed by atoms with van der Waals surface area (Å²) in [7, 11) is 0. The van der Waals surface area contributed by atoms with Gasteiger partial charge in [-0.15, -0.1) is 0 Å². The van der Waals surface area contributed by atoms with Gasteiger partial charge in [0.05, 0.1) is 6.07 Å². The molecule has 2 aromatic rings. The van der Waals surface area contributed by atoms with Gasteiger partial charge >= 0.3 is 6.09 Å². The van der Waals surface area contributed by atoms with Gasteiger partial charge in [0.15, 0.2) is 0 Å². The standard InChI is InChI=1S/C23H24FN3O3/c1-23(2,3)27(22(29)30)18(13-25)11-17-5-4-15(12-20(17)24)14-6-7-19-16(10-14)8-9-26-21(19)28/h4-7,10,12,18H,8-9,11H2,1-3H3,(H,26,28)(H,29,30). The molecule has 0 saturated carbocycles. The molecule has 30 heavy (non-hydrogen) atoms. The van der Waals surface area contributed by atoms with Crippen LogP contribution >= 0.6 is 0 Å². The number of halogens is 1. The lowest BCUT2D eigenvalue weighted by atomic mass is 9.93. The fourth-order valence-electron chi connectivity index (χ4n) is 3.79. The molecule has 0 radical (unpaired) electrons. The molecule has 1 aliphatic heterocycles. The summed E-state index contributed by atoms with van der Waals surface area (Å²) in [6.07, 6.45) is -0.544. The van der Waals surface area contributed by atoms with Crippen LogP contribution in [0.25, 0.3) is 11.1 Å². The maximum atomic E-state index is 14.9. The summed E-state index contributed by atoms with van der Waals surface area (Å²) in [4.78, 5) is 24.6. The molecule has 0 spiro atoms. The monoisotopic (exact) mass is 409 g/mol. The number of nitrogens with one attached hydrogen (secondary N) is 1. The molecule has 0 saturated heterocycles. The number of carboxylic acid groups (broad SMARTS) is 1. The van der Waals surface area contributed by atoms with Crippen molar-refractivity contribution in [2.45, 2.75) is 45.2 Å². The Labute approximate surface area is 174 Å². The van der Waals surface area contributed by atoms with Crippen molar-refractivity contribution >= 4 is 12.0 Å². The molecule has 3 rings (SSSR count). The van der Waals surface area contributed by atoms with Crippen molar-refractivity contribution in [2.75, 3.05) is 6.54 Å². The molecule has 7 heteroatoms. The number of carbonyl (C=O) groups excluding carboxylic acids is 1. The van der Waals surface area contributed by atoms with Crippen LogP contribution in [0.15, 0.2) is 36.4 Å². The average molecular weight is 409 g/mol. The number of benzene rings is 2. The van der Waals surface area contributed by atoms with Crippen molar-refractivity contribution in [3.8, 4) is 17.2 Å². The molecular formula is C23H24FN3O3. The van der Waals surface area contributed by atoms with Crippen molar-refractivity contribution < 1.29 is 19.1 Å². The molecule has 1 atom stereocenters. The van der Waals surface area contributed by atoms with E-state index in [2.05, 4.69) is 5.32 Å². The Hall–Kier alpha value is -3.40. The van der Waals surface area contributed by atoms with E-state index in [0.717, 1.165) is 22.4 Å². The van der Waals surface area contributed by atoms with Crippen LogP contribution in [0.4, 0.5) is 9.18 Å². The zero-order chi connectivity index (χ0) is 22.1. The number of nitrogens with zero attached hydrogens (tertiary/aromatic N) is 2. The van der Waals surface area contributed by atoms with Gasteiger partial charge in [-0.3, -0.25) is 9.69 Å². The summed E-state index contributed by atoms with van der Waals surface area (Å²) >= 11 is 0. The van der Waals surface area contributed by atoms with Gasteiger partial charge in [-0.05, 0) is 61.6 Å². The molecule has 1 unspecified atom stereocenters. The van der Waals surface area contributed by atoms with E-state index in [4.69, 9.17) is 0 Å². The van der Waals surface area contributed by atoms with Crippen LogP contribution in [0.2, 0.25) is 0 Å². The van der Waals surface area contributed by atoms with Gasteiger partial charge in [0.25, 0.3) is 5.91 Å². The molecule has 1 heterocycles. The van der Waals surface area contributed by atoms with E-state index < -0.39 is 23.5 Å². The number of nitriles is 1. The van der Waals surface area contributed by atoms with Gasteiger partial charge in [-0.25, -0.2) is 9.18 Å². The lowest BCUT2D eigenvalue weighted by molar-refractivity contribution is 0.0847. The number of hydrogen-bond donors (Lipinski definition) is 2. The zero-order valence-electron chi connectivity index (χ0n) is 17.2. The van der Waals surface area contributed by atoms with Crippen LogP contribution in [-0.2, 0) is 12.8 Å². The van der Waals surface area contributed by atoms with Gasteiger partial charge in [0.2, 0.25) is 0 Å². The maximum Gasteiger partial charge on any atom is 0.408 e. The van der Waals surface area contributed by atoms with Crippen molar-refractivity contribution in [3.63, 3.8) is 0 Å². The minimum atomic E-state index is -1.22. The Morgan fingerprint density at radius 1 is 1.27 bits per heavy atom. The maximum absolute atomic E-state index is 14.9. The first-order chi connectivity index (χ1) is 14.1. The molecule has 0 bridgehead atoms. The van der Waals surface area contributed by atoms with Gasteiger partial charge in [-0.1, -0.05) is 24.3 Å². The van der Waals surface area contributed by atoms with E-state index in [1.807, 2.05) is 12.1 Å². The molecule has 2 N–H and O–H groups in total. The van der Waals surface area contributed by atoms with E-state index in [0.29, 0.717) is 17.7 Å². The highest BCUT2D eigenvalue weighted by Crippen LogP contribution is 2.27. The van der Waals surface area contributed by atoms with Crippen molar-refractivity contribution in [1.82, 2.24) is 10.2 Å². The van der Waals surface area contributed by atoms with Crippen molar-refractivity contribution in [1.29, 1.82) is 5.26 Å². The van der Waals surface area contributed by atoms with Crippen LogP contribution < -0.4 is 5.32 Å². The SMILES string of the molecule is CC(C)(C)N(C(=O)O)C(C#N)Cc1ccc(-c2ccc3c(c2)CCNC3=O)cc1F. The summed E-state index contributed by atoms with van der Waals surface area (Å²) in [5, 5.41) is 21.8. The third kappa shape index (κ3) is 4.28. The summed E-state index contributed by atoms with van der Waals surface area (Å²) < 4.78 is 14.9. The lowest BCUT2D eigenvalue weighted by Crippen LogP contribution is -2.51. The van der Waals surface area contributed by atoms with E-state index in [1.165, 1.54) is 6.07 Å². The fraction of sp³-hybridized carbons (Fsp3) is 0.348. The highest BCUT2D eigenvalue weighted by Gasteiger charge is 2.33. The highest BCUT2D eigenvalue weighted by molar-refractivity contribution is 5.97. The largest absolute Gasteiger partial charge is 0.465 e. The molecule has 0 fully saturated rings. The average Bonchev–Trinajstić information content (AvgIpc) is 2.67. The lowest BCUT2D eigenvalue weighted by Gasteiger charge is -2.36. The quantitative estimate of drug-likeness (QED) is 0.798. The second-order valence-corrected chi connectivity index (χ2v) is 8.36. The smallest absolute Gasteiger partial charge is 0.408 e. The van der Waals surface area contributed by atoms with E-state index in [1.54, 1.807) is 45.0 Å². The number of hydrogen-bond acceptors (Lipinski definition) is 3. The molecule has 2 aromatic carbocycles. The predicted molar refractivity (Wildman–Crippen MR) is 111 cm³/mol. The van der Waals surface area contributed by atoms with Crippen LogP contribution in [0.1, 0.15) is 42.3 Å². The number of rotatable bonds is 4. The first-order valence-corrected chi connectivity index (χ1v) is 9.73. The number of carbonyl (C=O) groups is 2. The highest BCUT2D eigenvalue weighted by atomic mass is 19.1. The van der Waals surface area contributed by atoms with Crippen LogP contribution in [-0.4, -0.2) is 40.1 Å². The molecule has 6 nitrogen and oxygen atoms in total. The number of fused-ring (bicyclic) bond motifs is 1. The van der Waals surface area contributed by atoms with Gasteiger partial charge in [-0.2, -0.15) is 5.26 Å². The molecule has 0 aliphatic carbocycles. The van der Waals surface area contributed by atoms with E-state index in [-0.39, 0.29) is 17.9 Å². The normalized spacial score (nSPS) is 14.3. The van der Waals surface area contributed by atoms with E-state index >= 15 is 0 Å². The van der Waals surface area contributed by atoms with Crippen LogP contribution in [0, 0.1) is 17.1 Å². The Balaban J connectivity index is 1.88. The van der Waals surface area contributed by atoms with Crippen molar-refractivity contribution in [3.05, 3.63) is 58.9 Å². The number of amides is 2. The second kappa shape index (κ2) is 8.15. The molecule has 156 valence electrons. The summed E-state index contributed by atoms with van der Waals surface area (Å²) in [6.45, 7) is 5.66. The Morgan fingerprint density at radius 3 is 2.53 bits per heavy atom. The Kier molecular flexibility index (Phi) is 5.79. The molecule has 1 aliphatic rings. The second-order valence-electron chi connectivity index (χ2n) is 8.36. The fourth-order valence-corrected chi connectivity index (χ4v) is 3.79. The van der Waals surface area contributed by atoms with Crippen molar-refractivity contribution in [2.24, 2.45) is 0 Å². The summed E-state index contributed by atoms with van der Waals surface area (Å²) in [5.41, 5.74) is 2.50. The molecule has 2 amide bonds. The summed E-state index contributed by atoms with van der Waals surface area (Å²) in [6, 6.07) is 11.1. The topological polar surface area (TPSA) is 93.4 Å². The van der Waals surface area contributed by atoms with Gasteiger partial charge < -0.3 is 10.4 Å². The van der Waals surface area contributed by atoms with Gasteiger partial charge in [0.1, 0.15) is 11.9 Å². The van der Waals surface area contributed by atoms with Crippen LogP contribution in [0.3, 0.4) is 0 Å². The minimum Gasteiger partial charge on any atom is -0.465 e. The molecule has 0 aromatic heterocycles. The van der Waals surface area contributed by atoms with Crippen LogP contribution in [0.5, 0.6) is 0 Å². The Morgan fingerprint density at radius 2 is 1.93 bits per heavy atom. The summed E-state index contributed by atoms with van der Waals surface area (Å²) in [5.74, 6) is -0.601. The Bertz CT molecular complexity index is 1040. The molecular weight excluding hydrogens is 385 g/mol. The minimum absolute atomic E-state index is 0.0451.